The number of carboxylic acid groups (broad SMARTS) is 2. The summed E-state index contributed by atoms with van der Waals surface area (Å²) in [4.78, 5) is 31.8. The smallest absolute Gasteiger partial charge is 0.335 e. The molecule has 0 aliphatic heterocycles. The number of nitrogens with zero attached hydrogens (tertiary/aromatic N) is 2. The van der Waals surface area contributed by atoms with Crippen molar-refractivity contribution in [2.24, 2.45) is 0 Å². The van der Waals surface area contributed by atoms with Crippen molar-refractivity contribution in [3.63, 3.8) is 0 Å². The van der Waals surface area contributed by atoms with Crippen LogP contribution in [0.1, 0.15) is 20.7 Å². The van der Waals surface area contributed by atoms with Crippen molar-refractivity contribution in [3.8, 4) is 0 Å². The minimum Gasteiger partial charge on any atom is -0.478 e. The van der Waals surface area contributed by atoms with Crippen molar-refractivity contribution in [2.75, 3.05) is 0 Å². The van der Waals surface area contributed by atoms with E-state index in [1.165, 1.54) is 12.1 Å². The maximum atomic E-state index is 11.2. The van der Waals surface area contributed by atoms with Crippen LogP contribution in [0.2, 0.25) is 0 Å². The van der Waals surface area contributed by atoms with E-state index in [2.05, 4.69) is 0 Å². The van der Waals surface area contributed by atoms with Crippen LogP contribution >= 0.6 is 0 Å². The maximum Gasteiger partial charge on any atom is 0.335 e. The number of rotatable bonds is 2. The Morgan fingerprint density at radius 1 is 0.571 bits per heavy atom. The summed E-state index contributed by atoms with van der Waals surface area (Å²) >= 11 is 0. The van der Waals surface area contributed by atoms with E-state index in [0.717, 1.165) is 32.6 Å². The lowest BCUT2D eigenvalue weighted by Crippen LogP contribution is -1.97. The molecule has 5 aromatic rings. The molecule has 2 aromatic heterocycles. The average Bonchev–Trinajstić information content (AvgIpc) is 2.69. The van der Waals surface area contributed by atoms with E-state index in [-0.39, 0.29) is 11.1 Å². The number of fused-ring (bicyclic) bond motifs is 5. The van der Waals surface area contributed by atoms with Crippen molar-refractivity contribution in [1.82, 2.24) is 9.97 Å². The lowest BCUT2D eigenvalue weighted by Gasteiger charge is -2.08. The SMILES string of the molecule is O=C(O)c1ccc2nc3c(ccc4cc5cc(C(=O)O)ccc5nc43)cc2c1. The van der Waals surface area contributed by atoms with Crippen LogP contribution < -0.4 is 0 Å². The summed E-state index contributed by atoms with van der Waals surface area (Å²) in [5, 5.41) is 21.6. The highest BCUT2D eigenvalue weighted by atomic mass is 16.4. The molecule has 3 aromatic carbocycles. The van der Waals surface area contributed by atoms with E-state index in [1.807, 2.05) is 24.3 Å². The molecule has 0 aliphatic rings. The van der Waals surface area contributed by atoms with Crippen LogP contribution in [0, 0.1) is 0 Å². The molecule has 0 aliphatic carbocycles. The fourth-order valence-corrected chi connectivity index (χ4v) is 3.46. The zero-order valence-electron chi connectivity index (χ0n) is 14.4. The molecular formula is C22H12N2O4. The summed E-state index contributed by atoms with van der Waals surface area (Å²) in [5.41, 5.74) is 3.25. The van der Waals surface area contributed by atoms with Gasteiger partial charge >= 0.3 is 11.9 Å². The molecule has 2 N–H and O–H groups in total. The van der Waals surface area contributed by atoms with Crippen molar-refractivity contribution < 1.29 is 19.8 Å². The summed E-state index contributed by atoms with van der Waals surface area (Å²) in [7, 11) is 0. The molecule has 0 unspecified atom stereocenters. The highest BCUT2D eigenvalue weighted by molar-refractivity contribution is 6.10. The normalized spacial score (nSPS) is 11.4. The third-order valence-electron chi connectivity index (χ3n) is 4.85. The van der Waals surface area contributed by atoms with Gasteiger partial charge in [-0.25, -0.2) is 19.6 Å². The van der Waals surface area contributed by atoms with Crippen LogP contribution in [-0.4, -0.2) is 32.1 Å². The van der Waals surface area contributed by atoms with Gasteiger partial charge in [0, 0.05) is 21.5 Å². The van der Waals surface area contributed by atoms with Gasteiger partial charge in [-0.15, -0.1) is 0 Å². The zero-order valence-corrected chi connectivity index (χ0v) is 14.4. The van der Waals surface area contributed by atoms with E-state index in [4.69, 9.17) is 9.97 Å². The van der Waals surface area contributed by atoms with Crippen molar-refractivity contribution in [2.45, 2.75) is 0 Å². The summed E-state index contributed by atoms with van der Waals surface area (Å²) in [6.07, 6.45) is 0. The number of pyridine rings is 2. The Kier molecular flexibility index (Phi) is 3.30. The number of benzene rings is 3. The van der Waals surface area contributed by atoms with E-state index in [1.54, 1.807) is 24.3 Å². The predicted octanol–water partition coefficient (Wildman–Crippen LogP) is 4.49. The molecule has 0 fully saturated rings. The minimum absolute atomic E-state index is 0.216. The Balaban J connectivity index is 1.81. The number of carbonyl (C=O) groups is 2. The molecule has 0 saturated carbocycles. The van der Waals surface area contributed by atoms with E-state index in [0.29, 0.717) is 11.0 Å². The first kappa shape index (κ1) is 16.1. The number of aromatic carboxylic acids is 2. The Morgan fingerprint density at radius 3 is 1.39 bits per heavy atom. The molecule has 134 valence electrons. The number of hydrogen-bond acceptors (Lipinski definition) is 4. The first-order valence-corrected chi connectivity index (χ1v) is 8.54. The second-order valence-electron chi connectivity index (χ2n) is 6.61. The molecule has 5 rings (SSSR count). The Labute approximate surface area is 157 Å². The summed E-state index contributed by atoms with van der Waals surface area (Å²) in [6, 6.07) is 17.3. The monoisotopic (exact) mass is 368 g/mol. The largest absolute Gasteiger partial charge is 0.478 e. The Morgan fingerprint density at radius 2 is 1.00 bits per heavy atom. The zero-order chi connectivity index (χ0) is 19.4. The highest BCUT2D eigenvalue weighted by Gasteiger charge is 2.11. The van der Waals surface area contributed by atoms with Crippen LogP contribution in [-0.2, 0) is 0 Å². The fourth-order valence-electron chi connectivity index (χ4n) is 3.46. The van der Waals surface area contributed by atoms with E-state index in [9.17, 15) is 19.8 Å². The van der Waals surface area contributed by atoms with Gasteiger partial charge < -0.3 is 10.2 Å². The van der Waals surface area contributed by atoms with Gasteiger partial charge in [0.25, 0.3) is 0 Å². The third-order valence-corrected chi connectivity index (χ3v) is 4.85. The van der Waals surface area contributed by atoms with E-state index >= 15 is 0 Å². The average molecular weight is 368 g/mol. The second kappa shape index (κ2) is 5.72. The second-order valence-corrected chi connectivity index (χ2v) is 6.61. The summed E-state index contributed by atoms with van der Waals surface area (Å²) in [6.45, 7) is 0. The molecule has 0 atom stereocenters. The van der Waals surface area contributed by atoms with Crippen molar-refractivity contribution >= 4 is 55.6 Å². The van der Waals surface area contributed by atoms with Crippen molar-refractivity contribution in [1.29, 1.82) is 0 Å². The summed E-state index contributed by atoms with van der Waals surface area (Å²) in [5.74, 6) is -1.95. The minimum atomic E-state index is -0.977. The molecule has 0 radical (unpaired) electrons. The number of carboxylic acids is 2. The number of hydrogen-bond donors (Lipinski definition) is 2. The van der Waals surface area contributed by atoms with Crippen LogP contribution in [0.25, 0.3) is 43.6 Å². The lowest BCUT2D eigenvalue weighted by molar-refractivity contribution is 0.0686. The molecule has 6 heteroatoms. The molecule has 0 spiro atoms. The van der Waals surface area contributed by atoms with Crippen molar-refractivity contribution in [3.05, 3.63) is 71.8 Å². The van der Waals surface area contributed by atoms with Gasteiger partial charge in [-0.1, -0.05) is 12.1 Å². The van der Waals surface area contributed by atoms with Gasteiger partial charge in [0.2, 0.25) is 0 Å². The molecule has 28 heavy (non-hydrogen) atoms. The molecule has 6 nitrogen and oxygen atoms in total. The molecule has 0 bridgehead atoms. The first-order chi connectivity index (χ1) is 13.5. The summed E-state index contributed by atoms with van der Waals surface area (Å²) < 4.78 is 0. The van der Waals surface area contributed by atoms with Gasteiger partial charge in [-0.3, -0.25) is 0 Å². The van der Waals surface area contributed by atoms with E-state index < -0.39 is 11.9 Å². The first-order valence-electron chi connectivity index (χ1n) is 8.54. The Hall–Kier alpha value is -4.06. The van der Waals surface area contributed by atoms with Crippen LogP contribution in [0.3, 0.4) is 0 Å². The van der Waals surface area contributed by atoms with Crippen LogP contribution in [0.5, 0.6) is 0 Å². The topological polar surface area (TPSA) is 100 Å². The van der Waals surface area contributed by atoms with Crippen LogP contribution in [0.15, 0.2) is 60.7 Å². The van der Waals surface area contributed by atoms with Gasteiger partial charge in [-0.2, -0.15) is 0 Å². The maximum absolute atomic E-state index is 11.2. The quantitative estimate of drug-likeness (QED) is 0.352. The fraction of sp³-hybridized carbons (Fsp3) is 0. The van der Waals surface area contributed by atoms with Gasteiger partial charge in [0.15, 0.2) is 0 Å². The standard InChI is InChI=1S/C22H12N2O4/c25-21(26)13-3-5-17-15(9-13)7-11-1-2-12-8-16-10-14(22(27)28)4-6-18(16)24-20(12)19(11)23-17/h1-10H,(H,25,26)(H,27,28). The van der Waals surface area contributed by atoms with Gasteiger partial charge in [0.1, 0.15) is 0 Å². The van der Waals surface area contributed by atoms with Gasteiger partial charge in [0.05, 0.1) is 33.2 Å². The predicted molar refractivity (Wildman–Crippen MR) is 106 cm³/mol. The molecule has 0 amide bonds. The van der Waals surface area contributed by atoms with Gasteiger partial charge in [-0.05, 0) is 48.5 Å². The molecule has 2 heterocycles. The highest BCUT2D eigenvalue weighted by Crippen LogP contribution is 2.29. The third kappa shape index (κ3) is 2.43. The Bertz CT molecular complexity index is 1360. The lowest BCUT2D eigenvalue weighted by atomic mass is 10.0. The number of aromatic nitrogens is 2. The molecule has 0 saturated heterocycles. The van der Waals surface area contributed by atoms with Crippen LogP contribution in [0.4, 0.5) is 0 Å². The molecular weight excluding hydrogens is 356 g/mol.